The quantitative estimate of drug-likeness (QED) is 0.572. The summed E-state index contributed by atoms with van der Waals surface area (Å²) in [6.45, 7) is 4.34. The Kier molecular flexibility index (Phi) is 5.21. The van der Waals surface area contributed by atoms with Gasteiger partial charge in [-0.25, -0.2) is 4.98 Å². The van der Waals surface area contributed by atoms with Crippen LogP contribution in [0.25, 0.3) is 21.3 Å². The van der Waals surface area contributed by atoms with Gasteiger partial charge in [-0.15, -0.1) is 11.3 Å². The molecule has 4 rings (SSSR count). The zero-order chi connectivity index (χ0) is 19.8. The largest absolute Gasteiger partial charge is 0.468 e. The number of hydrogen-bond donors (Lipinski definition) is 0. The highest BCUT2D eigenvalue weighted by Crippen LogP contribution is 2.45. The Morgan fingerprint density at radius 1 is 1.18 bits per heavy atom. The van der Waals surface area contributed by atoms with Gasteiger partial charge in [-0.05, 0) is 55.4 Å². The first-order chi connectivity index (χ1) is 13.5. The molecule has 1 unspecified atom stereocenters. The SMILES string of the molecule is COCC(C(=O)OC)c1c(C)nc2sc3c(c2c1-c1ccc(C)cc1)CCC3. The molecule has 3 aromatic rings. The zero-order valence-electron chi connectivity index (χ0n) is 16.8. The lowest BCUT2D eigenvalue weighted by Gasteiger charge is -2.21. The highest BCUT2D eigenvalue weighted by molar-refractivity contribution is 7.19. The van der Waals surface area contributed by atoms with Crippen molar-refractivity contribution in [2.24, 2.45) is 0 Å². The number of fused-ring (bicyclic) bond motifs is 3. The third-order valence-electron chi connectivity index (χ3n) is 5.59. The Morgan fingerprint density at radius 2 is 1.93 bits per heavy atom. The van der Waals surface area contributed by atoms with Crippen LogP contribution in [0.4, 0.5) is 0 Å². The number of benzene rings is 1. The molecule has 0 saturated heterocycles. The molecule has 28 heavy (non-hydrogen) atoms. The molecule has 0 spiro atoms. The minimum absolute atomic E-state index is 0.270. The lowest BCUT2D eigenvalue weighted by atomic mass is 9.86. The van der Waals surface area contributed by atoms with Gasteiger partial charge in [0, 0.05) is 23.1 Å². The van der Waals surface area contributed by atoms with E-state index in [9.17, 15) is 4.79 Å². The number of aromatic nitrogens is 1. The highest BCUT2D eigenvalue weighted by atomic mass is 32.1. The van der Waals surface area contributed by atoms with E-state index in [0.29, 0.717) is 0 Å². The van der Waals surface area contributed by atoms with Crippen molar-refractivity contribution >= 4 is 27.5 Å². The summed E-state index contributed by atoms with van der Waals surface area (Å²) >= 11 is 1.80. The molecule has 1 aromatic carbocycles. The molecule has 0 radical (unpaired) electrons. The van der Waals surface area contributed by atoms with E-state index in [1.165, 1.54) is 34.9 Å². The molecule has 2 heterocycles. The molecular weight excluding hydrogens is 370 g/mol. The molecule has 2 aromatic heterocycles. The van der Waals surface area contributed by atoms with Crippen LogP contribution in [0.15, 0.2) is 24.3 Å². The Hall–Kier alpha value is -2.24. The molecule has 146 valence electrons. The first-order valence-electron chi connectivity index (χ1n) is 9.63. The number of pyridine rings is 1. The Bertz CT molecular complexity index is 1040. The van der Waals surface area contributed by atoms with E-state index < -0.39 is 5.92 Å². The van der Waals surface area contributed by atoms with Crippen LogP contribution in [0, 0.1) is 13.8 Å². The standard InChI is InChI=1S/C23H25NO3S/c1-13-8-10-15(11-9-13)20-19(17(12-26-3)23(25)27-4)14(2)24-22-21(20)16-6-5-7-18(16)28-22/h8-11,17H,5-7,12H2,1-4H3. The molecule has 0 aliphatic heterocycles. The maximum absolute atomic E-state index is 12.7. The lowest BCUT2D eigenvalue weighted by molar-refractivity contribution is -0.143. The molecule has 4 nitrogen and oxygen atoms in total. The summed E-state index contributed by atoms with van der Waals surface area (Å²) in [6, 6.07) is 8.54. The summed E-state index contributed by atoms with van der Waals surface area (Å²) in [4.78, 5) is 20.1. The number of methoxy groups -OCH3 is 2. The van der Waals surface area contributed by atoms with E-state index in [0.717, 1.165) is 40.1 Å². The van der Waals surface area contributed by atoms with Crippen molar-refractivity contribution in [1.82, 2.24) is 4.98 Å². The molecule has 0 fully saturated rings. The molecule has 0 amide bonds. The second-order valence-corrected chi connectivity index (χ2v) is 8.50. The maximum atomic E-state index is 12.7. The van der Waals surface area contributed by atoms with Crippen LogP contribution >= 0.6 is 11.3 Å². The van der Waals surface area contributed by atoms with Gasteiger partial charge in [0.1, 0.15) is 10.7 Å². The van der Waals surface area contributed by atoms with E-state index in [1.807, 2.05) is 6.92 Å². The molecule has 1 atom stereocenters. The summed E-state index contributed by atoms with van der Waals surface area (Å²) in [6.07, 6.45) is 3.38. The number of nitrogens with zero attached hydrogens (tertiary/aromatic N) is 1. The topological polar surface area (TPSA) is 48.4 Å². The van der Waals surface area contributed by atoms with E-state index in [2.05, 4.69) is 31.2 Å². The molecular formula is C23H25NO3S. The van der Waals surface area contributed by atoms with Gasteiger partial charge < -0.3 is 9.47 Å². The fourth-order valence-electron chi connectivity index (χ4n) is 4.28. The van der Waals surface area contributed by atoms with Gasteiger partial charge in [0.25, 0.3) is 0 Å². The lowest BCUT2D eigenvalue weighted by Crippen LogP contribution is -2.21. The van der Waals surface area contributed by atoms with E-state index in [-0.39, 0.29) is 12.6 Å². The first-order valence-corrected chi connectivity index (χ1v) is 10.4. The number of thiophene rings is 1. The first kappa shape index (κ1) is 19.1. The van der Waals surface area contributed by atoms with Crippen molar-refractivity contribution in [2.75, 3.05) is 20.8 Å². The Morgan fingerprint density at radius 3 is 2.61 bits per heavy atom. The van der Waals surface area contributed by atoms with Crippen molar-refractivity contribution in [3.05, 3.63) is 51.5 Å². The second kappa shape index (κ2) is 7.64. The minimum atomic E-state index is -0.500. The van der Waals surface area contributed by atoms with Crippen molar-refractivity contribution < 1.29 is 14.3 Å². The number of hydrogen-bond acceptors (Lipinski definition) is 5. The number of esters is 1. The predicted octanol–water partition coefficient (Wildman–Crippen LogP) is 4.97. The van der Waals surface area contributed by atoms with Crippen LogP contribution in [0.3, 0.4) is 0 Å². The van der Waals surface area contributed by atoms with Crippen LogP contribution in [0.2, 0.25) is 0 Å². The van der Waals surface area contributed by atoms with Gasteiger partial charge in [0.2, 0.25) is 0 Å². The van der Waals surface area contributed by atoms with E-state index in [1.54, 1.807) is 18.4 Å². The number of carbonyl (C=O) groups is 1. The van der Waals surface area contributed by atoms with Gasteiger partial charge >= 0.3 is 5.97 Å². The maximum Gasteiger partial charge on any atom is 0.315 e. The van der Waals surface area contributed by atoms with Gasteiger partial charge in [-0.2, -0.15) is 0 Å². The van der Waals surface area contributed by atoms with E-state index >= 15 is 0 Å². The van der Waals surface area contributed by atoms with Crippen molar-refractivity contribution in [3.8, 4) is 11.1 Å². The number of rotatable bonds is 5. The molecule has 1 aliphatic carbocycles. The fourth-order valence-corrected chi connectivity index (χ4v) is 5.60. The second-order valence-electron chi connectivity index (χ2n) is 7.42. The number of aryl methyl sites for hydroxylation is 4. The summed E-state index contributed by atoms with van der Waals surface area (Å²) in [5.74, 6) is -0.786. The van der Waals surface area contributed by atoms with Crippen molar-refractivity contribution in [1.29, 1.82) is 0 Å². The average Bonchev–Trinajstić information content (AvgIpc) is 3.26. The number of carbonyl (C=O) groups excluding carboxylic acids is 1. The summed E-state index contributed by atoms with van der Waals surface area (Å²) in [7, 11) is 3.05. The van der Waals surface area contributed by atoms with Gasteiger partial charge in [-0.3, -0.25) is 4.79 Å². The predicted molar refractivity (Wildman–Crippen MR) is 113 cm³/mol. The van der Waals surface area contributed by atoms with Crippen molar-refractivity contribution in [2.45, 2.75) is 39.0 Å². The van der Waals surface area contributed by atoms with Crippen LogP contribution in [0.5, 0.6) is 0 Å². The summed E-state index contributed by atoms with van der Waals surface area (Å²) < 4.78 is 10.5. The van der Waals surface area contributed by atoms with Crippen LogP contribution in [0.1, 0.15) is 39.6 Å². The molecule has 0 saturated carbocycles. The van der Waals surface area contributed by atoms with E-state index in [4.69, 9.17) is 14.5 Å². The normalized spacial score (nSPS) is 14.3. The van der Waals surface area contributed by atoms with Crippen LogP contribution in [-0.4, -0.2) is 31.8 Å². The third kappa shape index (κ3) is 3.12. The van der Waals surface area contributed by atoms with Crippen molar-refractivity contribution in [3.63, 3.8) is 0 Å². The molecule has 1 aliphatic rings. The smallest absolute Gasteiger partial charge is 0.315 e. The Balaban J connectivity index is 2.08. The Labute approximate surface area is 169 Å². The molecule has 0 bridgehead atoms. The van der Waals surface area contributed by atoms with Gasteiger partial charge in [0.05, 0.1) is 13.7 Å². The van der Waals surface area contributed by atoms with Crippen LogP contribution < -0.4 is 0 Å². The highest BCUT2D eigenvalue weighted by Gasteiger charge is 2.31. The molecule has 0 N–H and O–H groups in total. The zero-order valence-corrected chi connectivity index (χ0v) is 17.6. The van der Waals surface area contributed by atoms with Gasteiger partial charge in [-0.1, -0.05) is 29.8 Å². The average molecular weight is 396 g/mol. The molecule has 5 heteroatoms. The monoisotopic (exact) mass is 395 g/mol. The summed E-state index contributed by atoms with van der Waals surface area (Å²) in [5.41, 5.74) is 6.66. The van der Waals surface area contributed by atoms with Crippen LogP contribution in [-0.2, 0) is 27.1 Å². The van der Waals surface area contributed by atoms with Gasteiger partial charge in [0.15, 0.2) is 0 Å². The number of ether oxygens (including phenoxy) is 2. The summed E-state index contributed by atoms with van der Waals surface area (Å²) in [5, 5.41) is 1.21. The fraction of sp³-hybridized carbons (Fsp3) is 0.391. The minimum Gasteiger partial charge on any atom is -0.468 e. The third-order valence-corrected chi connectivity index (χ3v) is 6.77.